The highest BCUT2D eigenvalue weighted by Crippen LogP contribution is 2.26. The molecule has 0 saturated heterocycles. The Morgan fingerprint density at radius 1 is 1.28 bits per heavy atom. The molecule has 0 unspecified atom stereocenters. The van der Waals surface area contributed by atoms with Crippen LogP contribution in [0.3, 0.4) is 0 Å². The van der Waals surface area contributed by atoms with Crippen LogP contribution in [0.25, 0.3) is 0 Å². The molecule has 0 aromatic heterocycles. The quantitative estimate of drug-likeness (QED) is 0.875. The van der Waals surface area contributed by atoms with Crippen LogP contribution < -0.4 is 10.1 Å². The first-order valence-corrected chi connectivity index (χ1v) is 5.99. The van der Waals surface area contributed by atoms with E-state index in [-0.39, 0.29) is 12.0 Å². The van der Waals surface area contributed by atoms with Crippen LogP contribution in [0.5, 0.6) is 5.75 Å². The molecule has 0 aliphatic heterocycles. The van der Waals surface area contributed by atoms with Crippen molar-refractivity contribution in [2.45, 2.75) is 39.4 Å². The third-order valence-electron chi connectivity index (χ3n) is 2.56. The summed E-state index contributed by atoms with van der Waals surface area (Å²) in [6.07, 6.45) is 0.0542. The summed E-state index contributed by atoms with van der Waals surface area (Å²) in [6, 6.07) is 7.36. The highest BCUT2D eigenvalue weighted by molar-refractivity contribution is 5.97. The van der Waals surface area contributed by atoms with E-state index >= 15 is 0 Å². The minimum atomic E-state index is -0.870. The van der Waals surface area contributed by atoms with Crippen LogP contribution >= 0.6 is 0 Å². The predicted octanol–water partition coefficient (Wildman–Crippen LogP) is 2.84. The summed E-state index contributed by atoms with van der Waals surface area (Å²) in [6.45, 7) is 7.32. The average molecular weight is 251 g/mol. The maximum absolute atomic E-state index is 12.0. The van der Waals surface area contributed by atoms with Gasteiger partial charge < -0.3 is 14.8 Å². The number of hydrogen-bond acceptors (Lipinski definition) is 3. The number of para-hydroxylation sites is 2. The van der Waals surface area contributed by atoms with E-state index in [0.29, 0.717) is 11.4 Å². The van der Waals surface area contributed by atoms with Gasteiger partial charge in [-0.2, -0.15) is 0 Å². The molecule has 0 aliphatic carbocycles. The van der Waals surface area contributed by atoms with E-state index in [4.69, 9.17) is 9.47 Å². The van der Waals surface area contributed by atoms with Gasteiger partial charge in [0.25, 0.3) is 5.91 Å². The van der Waals surface area contributed by atoms with Crippen molar-refractivity contribution in [2.75, 3.05) is 12.4 Å². The molecule has 4 heteroatoms. The first kappa shape index (κ1) is 14.5. The van der Waals surface area contributed by atoms with Gasteiger partial charge in [0.15, 0.2) is 0 Å². The first-order chi connectivity index (χ1) is 8.36. The number of carbonyl (C=O) groups excluding carboxylic acids is 1. The molecular formula is C14H21NO3. The Morgan fingerprint density at radius 3 is 2.44 bits per heavy atom. The number of ether oxygens (including phenoxy) is 2. The Kier molecular flexibility index (Phi) is 4.73. The number of benzene rings is 1. The fourth-order valence-corrected chi connectivity index (χ4v) is 1.29. The van der Waals surface area contributed by atoms with Crippen LogP contribution in [0.1, 0.15) is 27.7 Å². The monoisotopic (exact) mass is 251 g/mol. The smallest absolute Gasteiger partial charge is 0.256 e. The lowest BCUT2D eigenvalue weighted by Gasteiger charge is -2.23. The van der Waals surface area contributed by atoms with Gasteiger partial charge in [-0.3, -0.25) is 4.79 Å². The van der Waals surface area contributed by atoms with Gasteiger partial charge in [0, 0.05) is 7.11 Å². The Balaban J connectivity index is 2.87. The lowest BCUT2D eigenvalue weighted by atomic mass is 10.1. The summed E-state index contributed by atoms with van der Waals surface area (Å²) >= 11 is 0. The number of methoxy groups -OCH3 is 1. The van der Waals surface area contributed by atoms with Crippen LogP contribution in [-0.2, 0) is 9.53 Å². The Hall–Kier alpha value is -1.55. The van der Waals surface area contributed by atoms with Crippen molar-refractivity contribution in [3.05, 3.63) is 24.3 Å². The number of anilines is 1. The number of hydrogen-bond donors (Lipinski definition) is 1. The highest BCUT2D eigenvalue weighted by Gasteiger charge is 2.27. The Bertz CT molecular complexity index is 413. The second-order valence-electron chi connectivity index (χ2n) is 4.83. The fourth-order valence-electron chi connectivity index (χ4n) is 1.29. The van der Waals surface area contributed by atoms with Crippen LogP contribution in [0.15, 0.2) is 24.3 Å². The van der Waals surface area contributed by atoms with Crippen molar-refractivity contribution in [3.63, 3.8) is 0 Å². The topological polar surface area (TPSA) is 47.6 Å². The summed E-state index contributed by atoms with van der Waals surface area (Å²) in [5, 5.41) is 2.82. The zero-order valence-corrected chi connectivity index (χ0v) is 11.6. The van der Waals surface area contributed by atoms with Gasteiger partial charge in [0.05, 0.1) is 11.8 Å². The third-order valence-corrected chi connectivity index (χ3v) is 2.56. The van der Waals surface area contributed by atoms with Gasteiger partial charge in [0.2, 0.25) is 0 Å². The van der Waals surface area contributed by atoms with Crippen molar-refractivity contribution >= 4 is 11.6 Å². The Labute approximate surface area is 108 Å². The maximum atomic E-state index is 12.0. The fraction of sp³-hybridized carbons (Fsp3) is 0.500. The van der Waals surface area contributed by atoms with Crippen molar-refractivity contribution in [2.24, 2.45) is 0 Å². The van der Waals surface area contributed by atoms with Crippen LogP contribution in [0.4, 0.5) is 5.69 Å². The zero-order chi connectivity index (χ0) is 13.8. The van der Waals surface area contributed by atoms with Gasteiger partial charge in [-0.1, -0.05) is 12.1 Å². The largest absolute Gasteiger partial charge is 0.489 e. The SMILES string of the molecule is COC(C)(C)C(=O)Nc1ccccc1OC(C)C. The molecule has 4 nitrogen and oxygen atoms in total. The number of nitrogens with one attached hydrogen (secondary N) is 1. The molecule has 0 radical (unpaired) electrons. The summed E-state index contributed by atoms with van der Waals surface area (Å²) in [5.74, 6) is 0.456. The van der Waals surface area contributed by atoms with Crippen molar-refractivity contribution in [3.8, 4) is 5.75 Å². The van der Waals surface area contributed by atoms with Gasteiger partial charge in [-0.15, -0.1) is 0 Å². The van der Waals surface area contributed by atoms with Crippen LogP contribution in [0.2, 0.25) is 0 Å². The molecule has 18 heavy (non-hydrogen) atoms. The van der Waals surface area contributed by atoms with E-state index in [2.05, 4.69) is 5.32 Å². The zero-order valence-electron chi connectivity index (χ0n) is 11.6. The molecule has 0 fully saturated rings. The van der Waals surface area contributed by atoms with Gasteiger partial charge >= 0.3 is 0 Å². The van der Waals surface area contributed by atoms with Crippen LogP contribution in [0, 0.1) is 0 Å². The second kappa shape index (κ2) is 5.87. The van der Waals surface area contributed by atoms with Crippen molar-refractivity contribution in [1.82, 2.24) is 0 Å². The molecule has 0 atom stereocenters. The summed E-state index contributed by atoms with van der Waals surface area (Å²) in [7, 11) is 1.51. The number of amides is 1. The summed E-state index contributed by atoms with van der Waals surface area (Å²) in [4.78, 5) is 12.0. The van der Waals surface area contributed by atoms with E-state index in [1.54, 1.807) is 19.9 Å². The van der Waals surface area contributed by atoms with Crippen molar-refractivity contribution in [1.29, 1.82) is 0 Å². The lowest BCUT2D eigenvalue weighted by molar-refractivity contribution is -0.133. The van der Waals surface area contributed by atoms with E-state index in [0.717, 1.165) is 0 Å². The lowest BCUT2D eigenvalue weighted by Crippen LogP contribution is -2.38. The standard InChI is InChI=1S/C14H21NO3/c1-10(2)18-12-9-7-6-8-11(12)15-13(16)14(3,4)17-5/h6-10H,1-5H3,(H,15,16). The third kappa shape index (κ3) is 3.74. The molecule has 0 bridgehead atoms. The van der Waals surface area contributed by atoms with E-state index in [9.17, 15) is 4.79 Å². The molecule has 0 heterocycles. The molecule has 100 valence electrons. The average Bonchev–Trinajstić information content (AvgIpc) is 2.31. The molecule has 0 saturated carbocycles. The minimum Gasteiger partial charge on any atom is -0.489 e. The molecule has 1 N–H and O–H groups in total. The predicted molar refractivity (Wildman–Crippen MR) is 71.9 cm³/mol. The highest BCUT2D eigenvalue weighted by atomic mass is 16.5. The second-order valence-corrected chi connectivity index (χ2v) is 4.83. The molecule has 1 aromatic carbocycles. The van der Waals surface area contributed by atoms with Crippen LogP contribution in [-0.4, -0.2) is 24.7 Å². The van der Waals surface area contributed by atoms with Gasteiger partial charge in [-0.05, 0) is 39.8 Å². The van der Waals surface area contributed by atoms with E-state index < -0.39 is 5.60 Å². The minimum absolute atomic E-state index is 0.0542. The molecular weight excluding hydrogens is 230 g/mol. The van der Waals surface area contributed by atoms with Gasteiger partial charge in [-0.25, -0.2) is 0 Å². The number of rotatable bonds is 5. The normalized spacial score (nSPS) is 11.4. The summed E-state index contributed by atoms with van der Waals surface area (Å²) < 4.78 is 10.8. The van der Waals surface area contributed by atoms with Crippen molar-refractivity contribution < 1.29 is 14.3 Å². The van der Waals surface area contributed by atoms with E-state index in [1.807, 2.05) is 32.0 Å². The maximum Gasteiger partial charge on any atom is 0.256 e. The van der Waals surface area contributed by atoms with Gasteiger partial charge in [0.1, 0.15) is 11.4 Å². The van der Waals surface area contributed by atoms with E-state index in [1.165, 1.54) is 7.11 Å². The Morgan fingerprint density at radius 2 is 1.89 bits per heavy atom. The number of carbonyl (C=O) groups is 1. The summed E-state index contributed by atoms with van der Waals surface area (Å²) in [5.41, 5.74) is -0.216. The first-order valence-electron chi connectivity index (χ1n) is 5.99. The molecule has 1 rings (SSSR count). The molecule has 0 spiro atoms. The molecule has 1 aromatic rings. The molecule has 0 aliphatic rings. The molecule has 1 amide bonds.